The minimum atomic E-state index is 0.104. The fourth-order valence-electron chi connectivity index (χ4n) is 1.09. The van der Waals surface area contributed by atoms with E-state index in [1.807, 2.05) is 6.92 Å². The largest absolute Gasteiger partial charge is 0.252 e. The normalized spacial score (nSPS) is 12.7. The van der Waals surface area contributed by atoms with E-state index in [9.17, 15) is 0 Å². The van der Waals surface area contributed by atoms with Crippen LogP contribution in [0.5, 0.6) is 0 Å². The van der Waals surface area contributed by atoms with Crippen molar-refractivity contribution < 1.29 is 0 Å². The van der Waals surface area contributed by atoms with E-state index in [1.54, 1.807) is 17.1 Å². The maximum Gasteiger partial charge on any atom is 0.252 e. The van der Waals surface area contributed by atoms with Gasteiger partial charge in [-0.15, -0.1) is 0 Å². The highest BCUT2D eigenvalue weighted by Gasteiger charge is 2.12. The molecule has 2 heterocycles. The molecule has 1 unspecified atom stereocenters. The summed E-state index contributed by atoms with van der Waals surface area (Å²) < 4.78 is 2.44. The molecule has 0 spiro atoms. The Kier molecular flexibility index (Phi) is 3.11. The van der Waals surface area contributed by atoms with Crippen molar-refractivity contribution in [1.82, 2.24) is 24.7 Å². The number of hydrogen-bond acceptors (Lipinski definition) is 4. The second-order valence-corrected chi connectivity index (χ2v) is 5.14. The number of halogens is 2. The number of alkyl halides is 1. The fourth-order valence-corrected chi connectivity index (χ4v) is 1.61. The van der Waals surface area contributed by atoms with Crippen molar-refractivity contribution >= 4 is 31.9 Å². The van der Waals surface area contributed by atoms with Crippen LogP contribution in [0.4, 0.5) is 0 Å². The van der Waals surface area contributed by atoms with E-state index in [2.05, 4.69) is 51.9 Å². The molecule has 1 atom stereocenters. The summed E-state index contributed by atoms with van der Waals surface area (Å²) in [6.45, 7) is 1.97. The maximum absolute atomic E-state index is 4.15. The SMILES string of the molecule is CC(Br)c1ncnn1-c1ncc(Br)cn1. The van der Waals surface area contributed by atoms with Crippen LogP contribution < -0.4 is 0 Å². The van der Waals surface area contributed by atoms with Gasteiger partial charge >= 0.3 is 0 Å². The van der Waals surface area contributed by atoms with E-state index in [1.165, 1.54) is 6.33 Å². The Morgan fingerprint density at radius 3 is 2.53 bits per heavy atom. The van der Waals surface area contributed by atoms with Gasteiger partial charge in [0.15, 0.2) is 0 Å². The van der Waals surface area contributed by atoms with E-state index < -0.39 is 0 Å². The molecule has 0 saturated carbocycles. The molecule has 0 bridgehead atoms. The van der Waals surface area contributed by atoms with Crippen LogP contribution in [0.3, 0.4) is 0 Å². The smallest absolute Gasteiger partial charge is 0.218 e. The average Bonchev–Trinajstić information content (AvgIpc) is 2.67. The molecular formula is C8H7Br2N5. The highest BCUT2D eigenvalue weighted by molar-refractivity contribution is 9.10. The van der Waals surface area contributed by atoms with Crippen molar-refractivity contribution in [3.8, 4) is 5.95 Å². The van der Waals surface area contributed by atoms with Crippen molar-refractivity contribution in [3.05, 3.63) is 29.0 Å². The van der Waals surface area contributed by atoms with Crippen LogP contribution in [-0.4, -0.2) is 24.7 Å². The van der Waals surface area contributed by atoms with Crippen molar-refractivity contribution in [3.63, 3.8) is 0 Å². The lowest BCUT2D eigenvalue weighted by molar-refractivity contribution is 0.748. The second kappa shape index (κ2) is 4.36. The highest BCUT2D eigenvalue weighted by atomic mass is 79.9. The van der Waals surface area contributed by atoms with E-state index in [0.717, 1.165) is 10.3 Å². The van der Waals surface area contributed by atoms with Gasteiger partial charge in [-0.1, -0.05) is 15.9 Å². The van der Waals surface area contributed by atoms with Crippen LogP contribution in [0.1, 0.15) is 17.6 Å². The Morgan fingerprint density at radius 2 is 1.93 bits per heavy atom. The van der Waals surface area contributed by atoms with E-state index in [0.29, 0.717) is 5.95 Å². The first kappa shape index (κ1) is 10.7. The minimum absolute atomic E-state index is 0.104. The highest BCUT2D eigenvalue weighted by Crippen LogP contribution is 2.20. The molecule has 0 radical (unpaired) electrons. The first-order valence-corrected chi connectivity index (χ1v) is 5.91. The van der Waals surface area contributed by atoms with Gasteiger partial charge in [-0.05, 0) is 22.9 Å². The van der Waals surface area contributed by atoms with Gasteiger partial charge in [0, 0.05) is 12.4 Å². The van der Waals surface area contributed by atoms with Crippen LogP contribution in [0.15, 0.2) is 23.2 Å². The predicted molar refractivity (Wildman–Crippen MR) is 62.0 cm³/mol. The molecule has 2 aromatic heterocycles. The van der Waals surface area contributed by atoms with Crippen molar-refractivity contribution in [1.29, 1.82) is 0 Å². The first-order chi connectivity index (χ1) is 7.18. The Bertz CT molecular complexity index is 450. The molecule has 78 valence electrons. The van der Waals surface area contributed by atoms with E-state index >= 15 is 0 Å². The molecule has 0 amide bonds. The lowest BCUT2D eigenvalue weighted by atomic mass is 10.4. The summed E-state index contributed by atoms with van der Waals surface area (Å²) in [7, 11) is 0. The summed E-state index contributed by atoms with van der Waals surface area (Å²) in [6, 6.07) is 0. The Labute approximate surface area is 103 Å². The Hall–Kier alpha value is -0.820. The molecule has 0 aliphatic rings. The van der Waals surface area contributed by atoms with Gasteiger partial charge in [-0.25, -0.2) is 15.0 Å². The van der Waals surface area contributed by atoms with Crippen molar-refractivity contribution in [2.75, 3.05) is 0 Å². The molecule has 0 aliphatic heterocycles. The number of rotatable bonds is 2. The fraction of sp³-hybridized carbons (Fsp3) is 0.250. The lowest BCUT2D eigenvalue weighted by Crippen LogP contribution is -2.07. The summed E-state index contributed by atoms with van der Waals surface area (Å²) in [6.07, 6.45) is 4.83. The van der Waals surface area contributed by atoms with Gasteiger partial charge in [0.1, 0.15) is 12.2 Å². The molecule has 2 aromatic rings. The average molecular weight is 333 g/mol. The van der Waals surface area contributed by atoms with E-state index in [4.69, 9.17) is 0 Å². The Balaban J connectivity index is 2.45. The molecule has 0 saturated heterocycles. The summed E-state index contributed by atoms with van der Waals surface area (Å²) in [4.78, 5) is 12.5. The van der Waals surface area contributed by atoms with Crippen LogP contribution in [0, 0.1) is 0 Å². The molecule has 5 nitrogen and oxygen atoms in total. The standard InChI is InChI=1S/C8H7Br2N5/c1-5(9)7-13-4-14-15(7)8-11-2-6(10)3-12-8/h2-5H,1H3. The second-order valence-electron chi connectivity index (χ2n) is 2.85. The summed E-state index contributed by atoms with van der Waals surface area (Å²) in [5, 5.41) is 4.07. The minimum Gasteiger partial charge on any atom is -0.218 e. The van der Waals surface area contributed by atoms with Gasteiger partial charge in [-0.2, -0.15) is 9.78 Å². The lowest BCUT2D eigenvalue weighted by Gasteiger charge is -2.04. The molecule has 0 N–H and O–H groups in total. The zero-order chi connectivity index (χ0) is 10.8. The van der Waals surface area contributed by atoms with Gasteiger partial charge in [0.25, 0.3) is 5.95 Å². The van der Waals surface area contributed by atoms with Gasteiger partial charge in [-0.3, -0.25) is 0 Å². The van der Waals surface area contributed by atoms with Crippen LogP contribution >= 0.6 is 31.9 Å². The maximum atomic E-state index is 4.15. The zero-order valence-corrected chi connectivity index (χ0v) is 11.0. The Morgan fingerprint density at radius 1 is 1.27 bits per heavy atom. The third-order valence-electron chi connectivity index (χ3n) is 1.73. The van der Waals surface area contributed by atoms with Crippen molar-refractivity contribution in [2.24, 2.45) is 0 Å². The number of hydrogen-bond donors (Lipinski definition) is 0. The third kappa shape index (κ3) is 2.23. The zero-order valence-electron chi connectivity index (χ0n) is 7.80. The molecule has 0 aromatic carbocycles. The number of aromatic nitrogens is 5. The summed E-state index contributed by atoms with van der Waals surface area (Å²) in [5.74, 6) is 1.29. The monoisotopic (exact) mass is 331 g/mol. The topological polar surface area (TPSA) is 56.5 Å². The molecule has 0 aliphatic carbocycles. The van der Waals surface area contributed by atoms with Crippen molar-refractivity contribution in [2.45, 2.75) is 11.8 Å². The van der Waals surface area contributed by atoms with Gasteiger partial charge in [0.2, 0.25) is 0 Å². The van der Waals surface area contributed by atoms with Crippen LogP contribution in [0.2, 0.25) is 0 Å². The summed E-state index contributed by atoms with van der Waals surface area (Å²) >= 11 is 6.71. The van der Waals surface area contributed by atoms with Crippen LogP contribution in [0.25, 0.3) is 5.95 Å². The summed E-state index contributed by atoms with van der Waals surface area (Å²) in [5.41, 5.74) is 0. The molecule has 15 heavy (non-hydrogen) atoms. The van der Waals surface area contributed by atoms with Gasteiger partial charge in [0.05, 0.1) is 9.30 Å². The van der Waals surface area contributed by atoms with Crippen LogP contribution in [-0.2, 0) is 0 Å². The molecule has 7 heteroatoms. The predicted octanol–water partition coefficient (Wildman–Crippen LogP) is 2.28. The molecule has 0 fully saturated rings. The first-order valence-electron chi connectivity index (χ1n) is 4.20. The number of nitrogens with zero attached hydrogens (tertiary/aromatic N) is 5. The third-order valence-corrected chi connectivity index (χ3v) is 2.55. The molecule has 2 rings (SSSR count). The quantitative estimate of drug-likeness (QED) is 0.792. The molecular weight excluding hydrogens is 326 g/mol. The van der Waals surface area contributed by atoms with E-state index in [-0.39, 0.29) is 4.83 Å². The van der Waals surface area contributed by atoms with Gasteiger partial charge < -0.3 is 0 Å².